The summed E-state index contributed by atoms with van der Waals surface area (Å²) < 4.78 is 7.65. The Morgan fingerprint density at radius 3 is 2.76 bits per heavy atom. The fourth-order valence-corrected chi connectivity index (χ4v) is 3.03. The predicted octanol–water partition coefficient (Wildman–Crippen LogP) is 2.02. The number of aliphatic hydroxyl groups excluding tert-OH is 1. The summed E-state index contributed by atoms with van der Waals surface area (Å²) in [5.74, 6) is 1.57. The van der Waals surface area contributed by atoms with Crippen molar-refractivity contribution in [2.24, 2.45) is 0 Å². The molecule has 1 aliphatic heterocycles. The third-order valence-electron chi connectivity index (χ3n) is 4.09. The van der Waals surface area contributed by atoms with E-state index in [-0.39, 0.29) is 6.61 Å². The van der Waals surface area contributed by atoms with E-state index in [4.69, 9.17) is 4.74 Å². The molecule has 0 aliphatic carbocycles. The molecule has 2 aromatic rings. The lowest BCUT2D eigenvalue weighted by Crippen LogP contribution is -2.24. The van der Waals surface area contributed by atoms with Crippen LogP contribution in [0.1, 0.15) is 25.6 Å². The lowest BCUT2D eigenvalue weighted by molar-refractivity contribution is 0.260. The molecule has 1 aromatic heterocycles. The Morgan fingerprint density at radius 2 is 2.05 bits per heavy atom. The van der Waals surface area contributed by atoms with Gasteiger partial charge >= 0.3 is 0 Å². The summed E-state index contributed by atoms with van der Waals surface area (Å²) in [5, 5.41) is 9.56. The second-order valence-electron chi connectivity index (χ2n) is 5.47. The smallest absolute Gasteiger partial charge is 0.135 e. The topological polar surface area (TPSA) is 50.5 Å². The zero-order valence-electron chi connectivity index (χ0n) is 12.6. The Morgan fingerprint density at radius 1 is 1.24 bits per heavy atom. The molecule has 5 heteroatoms. The third-order valence-corrected chi connectivity index (χ3v) is 4.09. The lowest BCUT2D eigenvalue weighted by Gasteiger charge is -2.16. The van der Waals surface area contributed by atoms with Gasteiger partial charge in [0.15, 0.2) is 0 Å². The first-order valence-electron chi connectivity index (χ1n) is 7.77. The molecular weight excluding hydrogens is 266 g/mol. The molecule has 0 saturated carbocycles. The quantitative estimate of drug-likeness (QED) is 0.884. The predicted molar refractivity (Wildman–Crippen MR) is 82.5 cm³/mol. The van der Waals surface area contributed by atoms with Crippen molar-refractivity contribution in [3.8, 4) is 5.75 Å². The number of aromatic nitrogens is 2. The molecule has 0 bridgehead atoms. The molecule has 1 saturated heterocycles. The number of hydrogen-bond acceptors (Lipinski definition) is 4. The molecule has 21 heavy (non-hydrogen) atoms. The molecule has 1 aliphatic rings. The van der Waals surface area contributed by atoms with Crippen LogP contribution in [0.5, 0.6) is 5.75 Å². The van der Waals surface area contributed by atoms with Crippen LogP contribution in [0, 0.1) is 0 Å². The van der Waals surface area contributed by atoms with E-state index in [9.17, 15) is 5.11 Å². The van der Waals surface area contributed by atoms with E-state index in [1.165, 1.54) is 25.9 Å². The average Bonchev–Trinajstić information content (AvgIpc) is 3.12. The Hall–Kier alpha value is -1.59. The standard InChI is InChI=1S/C16H23N3O2/c1-2-21-13-5-6-15-14(11-13)17-16(12-20)19(15)10-9-18-7-3-4-8-18/h5-6,11,20H,2-4,7-10,12H2,1H3. The number of aliphatic hydroxyl groups is 1. The highest BCUT2D eigenvalue weighted by Crippen LogP contribution is 2.22. The molecule has 0 unspecified atom stereocenters. The molecule has 3 rings (SSSR count). The number of fused-ring (bicyclic) bond motifs is 1. The highest BCUT2D eigenvalue weighted by Gasteiger charge is 2.14. The van der Waals surface area contributed by atoms with Gasteiger partial charge in [0.2, 0.25) is 0 Å². The van der Waals surface area contributed by atoms with E-state index in [2.05, 4.69) is 14.5 Å². The first-order chi connectivity index (χ1) is 10.3. The van der Waals surface area contributed by atoms with E-state index in [0.717, 1.165) is 35.7 Å². The van der Waals surface area contributed by atoms with Gasteiger partial charge in [-0.2, -0.15) is 0 Å². The number of likely N-dealkylation sites (tertiary alicyclic amines) is 1. The van der Waals surface area contributed by atoms with Crippen molar-refractivity contribution in [2.75, 3.05) is 26.2 Å². The molecule has 5 nitrogen and oxygen atoms in total. The van der Waals surface area contributed by atoms with Gasteiger partial charge in [0, 0.05) is 19.2 Å². The van der Waals surface area contributed by atoms with Crippen molar-refractivity contribution in [1.82, 2.24) is 14.5 Å². The van der Waals surface area contributed by atoms with Crippen molar-refractivity contribution in [2.45, 2.75) is 32.9 Å². The van der Waals surface area contributed by atoms with Crippen molar-refractivity contribution < 1.29 is 9.84 Å². The van der Waals surface area contributed by atoms with Gasteiger partial charge in [-0.3, -0.25) is 0 Å². The summed E-state index contributed by atoms with van der Waals surface area (Å²) in [6.45, 7) is 6.86. The number of ether oxygens (including phenoxy) is 1. The van der Waals surface area contributed by atoms with Gasteiger partial charge in [-0.15, -0.1) is 0 Å². The minimum absolute atomic E-state index is 0.0291. The van der Waals surface area contributed by atoms with Gasteiger partial charge in [0.25, 0.3) is 0 Å². The first-order valence-corrected chi connectivity index (χ1v) is 7.77. The van der Waals surface area contributed by atoms with Crippen molar-refractivity contribution in [1.29, 1.82) is 0 Å². The molecule has 1 fully saturated rings. The summed E-state index contributed by atoms with van der Waals surface area (Å²) in [6, 6.07) is 5.96. The van der Waals surface area contributed by atoms with Gasteiger partial charge in [-0.1, -0.05) is 0 Å². The van der Waals surface area contributed by atoms with Crippen LogP contribution in [0.2, 0.25) is 0 Å². The van der Waals surface area contributed by atoms with Crippen LogP contribution in [-0.4, -0.2) is 45.8 Å². The summed E-state index contributed by atoms with van der Waals surface area (Å²) in [6.07, 6.45) is 2.60. The number of benzene rings is 1. The van der Waals surface area contributed by atoms with Crippen LogP contribution in [0.25, 0.3) is 11.0 Å². The lowest BCUT2D eigenvalue weighted by atomic mass is 10.3. The normalized spacial score (nSPS) is 15.9. The fourth-order valence-electron chi connectivity index (χ4n) is 3.03. The van der Waals surface area contributed by atoms with E-state index in [1.54, 1.807) is 0 Å². The number of rotatable bonds is 6. The fraction of sp³-hybridized carbons (Fsp3) is 0.562. The minimum Gasteiger partial charge on any atom is -0.494 e. The Labute approximate surface area is 125 Å². The van der Waals surface area contributed by atoms with E-state index < -0.39 is 0 Å². The molecule has 114 valence electrons. The number of hydrogen-bond donors (Lipinski definition) is 1. The van der Waals surface area contributed by atoms with Crippen molar-refractivity contribution in [3.05, 3.63) is 24.0 Å². The maximum absolute atomic E-state index is 9.56. The number of imidazole rings is 1. The van der Waals surface area contributed by atoms with Crippen LogP contribution in [-0.2, 0) is 13.2 Å². The Balaban J connectivity index is 1.84. The molecule has 0 amide bonds. The molecule has 0 radical (unpaired) electrons. The zero-order valence-corrected chi connectivity index (χ0v) is 12.6. The zero-order chi connectivity index (χ0) is 14.7. The molecule has 0 spiro atoms. The highest BCUT2D eigenvalue weighted by molar-refractivity contribution is 5.77. The van der Waals surface area contributed by atoms with Gasteiger partial charge in [0.05, 0.1) is 17.6 Å². The van der Waals surface area contributed by atoms with Gasteiger partial charge in [-0.25, -0.2) is 4.98 Å². The summed E-state index contributed by atoms with van der Waals surface area (Å²) in [7, 11) is 0. The summed E-state index contributed by atoms with van der Waals surface area (Å²) in [5.41, 5.74) is 1.97. The van der Waals surface area contributed by atoms with Crippen LogP contribution in [0.3, 0.4) is 0 Å². The van der Waals surface area contributed by atoms with Gasteiger partial charge in [0.1, 0.15) is 18.2 Å². The van der Waals surface area contributed by atoms with Gasteiger partial charge < -0.3 is 19.3 Å². The number of nitrogens with zero attached hydrogens (tertiary/aromatic N) is 3. The van der Waals surface area contributed by atoms with Crippen LogP contribution < -0.4 is 4.74 Å². The van der Waals surface area contributed by atoms with Crippen LogP contribution >= 0.6 is 0 Å². The molecule has 1 aromatic carbocycles. The maximum Gasteiger partial charge on any atom is 0.135 e. The minimum atomic E-state index is -0.0291. The van der Waals surface area contributed by atoms with Crippen LogP contribution in [0.15, 0.2) is 18.2 Å². The van der Waals surface area contributed by atoms with E-state index >= 15 is 0 Å². The molecule has 0 atom stereocenters. The highest BCUT2D eigenvalue weighted by atomic mass is 16.5. The SMILES string of the molecule is CCOc1ccc2c(c1)nc(CO)n2CCN1CCCC1. The Bertz CT molecular complexity index is 603. The maximum atomic E-state index is 9.56. The van der Waals surface area contributed by atoms with Crippen molar-refractivity contribution in [3.63, 3.8) is 0 Å². The largest absolute Gasteiger partial charge is 0.494 e. The van der Waals surface area contributed by atoms with Crippen molar-refractivity contribution >= 4 is 11.0 Å². The van der Waals surface area contributed by atoms with E-state index in [0.29, 0.717) is 6.61 Å². The van der Waals surface area contributed by atoms with Gasteiger partial charge in [-0.05, 0) is 45.0 Å². The van der Waals surface area contributed by atoms with Crippen LogP contribution in [0.4, 0.5) is 0 Å². The molecule has 2 heterocycles. The van der Waals surface area contributed by atoms with E-state index in [1.807, 2.05) is 25.1 Å². The second kappa shape index (κ2) is 6.45. The molecular formula is C16H23N3O2. The third kappa shape index (κ3) is 3.04. The monoisotopic (exact) mass is 289 g/mol. The average molecular weight is 289 g/mol. The first kappa shape index (κ1) is 14.4. The molecule has 1 N–H and O–H groups in total. The summed E-state index contributed by atoms with van der Waals surface area (Å²) in [4.78, 5) is 7.01. The second-order valence-corrected chi connectivity index (χ2v) is 5.47. The summed E-state index contributed by atoms with van der Waals surface area (Å²) >= 11 is 0. The Kier molecular flexibility index (Phi) is 4.41.